The van der Waals surface area contributed by atoms with Crippen LogP contribution >= 0.6 is 0 Å². The Morgan fingerprint density at radius 1 is 1.33 bits per heavy atom. The van der Waals surface area contributed by atoms with E-state index >= 15 is 0 Å². The van der Waals surface area contributed by atoms with Crippen LogP contribution in [0.3, 0.4) is 0 Å². The fourth-order valence-electron chi connectivity index (χ4n) is 2.81. The van der Waals surface area contributed by atoms with Crippen LogP contribution in [0.4, 0.5) is 5.82 Å². The summed E-state index contributed by atoms with van der Waals surface area (Å²) < 4.78 is 1.83. The first-order valence-corrected chi connectivity index (χ1v) is 7.07. The van der Waals surface area contributed by atoms with Crippen LogP contribution in [0.5, 0.6) is 0 Å². The van der Waals surface area contributed by atoms with Crippen LogP contribution in [0.25, 0.3) is 0 Å². The Morgan fingerprint density at radius 2 is 2.10 bits per heavy atom. The molecule has 0 aliphatic carbocycles. The molecule has 0 unspecified atom stereocenters. The second-order valence-corrected chi connectivity index (χ2v) is 5.39. The van der Waals surface area contributed by atoms with Crippen LogP contribution in [0.15, 0.2) is 30.6 Å². The van der Waals surface area contributed by atoms with Gasteiger partial charge in [0, 0.05) is 26.3 Å². The molecule has 0 amide bonds. The molecule has 21 heavy (non-hydrogen) atoms. The SMILES string of the molecule is Cn1cc(C2CCN(c3cccc(C(=O)O)n3)CC2)cn1. The molecule has 0 atom stereocenters. The van der Waals surface area contributed by atoms with Gasteiger partial charge in [0.15, 0.2) is 5.69 Å². The fraction of sp³-hybridized carbons (Fsp3) is 0.400. The average molecular weight is 286 g/mol. The molecule has 3 rings (SSSR count). The van der Waals surface area contributed by atoms with Crippen molar-refractivity contribution in [1.82, 2.24) is 14.8 Å². The third-order valence-corrected chi connectivity index (χ3v) is 3.97. The van der Waals surface area contributed by atoms with Crippen molar-refractivity contribution in [2.75, 3.05) is 18.0 Å². The molecule has 3 heterocycles. The molecule has 2 aromatic rings. The Bertz CT molecular complexity index is 645. The average Bonchev–Trinajstić information content (AvgIpc) is 2.94. The Kier molecular flexibility index (Phi) is 3.60. The predicted molar refractivity (Wildman–Crippen MR) is 78.6 cm³/mol. The lowest BCUT2D eigenvalue weighted by Crippen LogP contribution is -2.33. The predicted octanol–water partition coefficient (Wildman–Crippen LogP) is 1.90. The number of carboxylic acid groups (broad SMARTS) is 1. The number of pyridine rings is 1. The number of aromatic nitrogens is 3. The molecule has 1 N–H and O–H groups in total. The van der Waals surface area contributed by atoms with Gasteiger partial charge in [-0.05, 0) is 36.5 Å². The minimum absolute atomic E-state index is 0.0990. The summed E-state index contributed by atoms with van der Waals surface area (Å²) in [5.74, 6) is 0.291. The van der Waals surface area contributed by atoms with E-state index < -0.39 is 5.97 Å². The van der Waals surface area contributed by atoms with E-state index in [4.69, 9.17) is 5.11 Å². The minimum Gasteiger partial charge on any atom is -0.477 e. The van der Waals surface area contributed by atoms with E-state index in [9.17, 15) is 4.79 Å². The number of aromatic carboxylic acids is 1. The fourth-order valence-corrected chi connectivity index (χ4v) is 2.81. The Hall–Kier alpha value is -2.37. The number of hydrogen-bond acceptors (Lipinski definition) is 4. The first kappa shape index (κ1) is 13.6. The molecule has 1 fully saturated rings. The van der Waals surface area contributed by atoms with Gasteiger partial charge in [0.25, 0.3) is 0 Å². The second-order valence-electron chi connectivity index (χ2n) is 5.39. The van der Waals surface area contributed by atoms with Gasteiger partial charge in [-0.1, -0.05) is 6.07 Å². The second kappa shape index (κ2) is 5.55. The number of rotatable bonds is 3. The lowest BCUT2D eigenvalue weighted by Gasteiger charge is -2.32. The quantitative estimate of drug-likeness (QED) is 0.933. The van der Waals surface area contributed by atoms with Gasteiger partial charge in [-0.3, -0.25) is 4.68 Å². The number of piperidine rings is 1. The van der Waals surface area contributed by atoms with Crippen LogP contribution in [0, 0.1) is 0 Å². The van der Waals surface area contributed by atoms with Crippen LogP contribution in [-0.2, 0) is 7.05 Å². The highest BCUT2D eigenvalue weighted by atomic mass is 16.4. The lowest BCUT2D eigenvalue weighted by atomic mass is 9.91. The minimum atomic E-state index is -0.984. The maximum atomic E-state index is 11.0. The standard InChI is InChI=1S/C15H18N4O2/c1-18-10-12(9-16-18)11-5-7-19(8-6-11)14-4-2-3-13(17-14)15(20)21/h2-4,9-11H,5-8H2,1H3,(H,20,21). The first-order valence-electron chi connectivity index (χ1n) is 7.07. The summed E-state index contributed by atoms with van der Waals surface area (Å²) in [5.41, 5.74) is 1.38. The summed E-state index contributed by atoms with van der Waals surface area (Å²) in [6.45, 7) is 1.77. The van der Waals surface area contributed by atoms with Gasteiger partial charge in [0.1, 0.15) is 5.82 Å². The van der Waals surface area contributed by atoms with Crippen molar-refractivity contribution in [3.8, 4) is 0 Å². The Morgan fingerprint density at radius 3 is 2.71 bits per heavy atom. The van der Waals surface area contributed by atoms with E-state index in [-0.39, 0.29) is 5.69 Å². The molecule has 2 aromatic heterocycles. The number of carboxylic acids is 1. The molecule has 0 spiro atoms. The number of aryl methyl sites for hydroxylation is 1. The summed E-state index contributed by atoms with van der Waals surface area (Å²) >= 11 is 0. The summed E-state index contributed by atoms with van der Waals surface area (Å²) in [5, 5.41) is 13.2. The summed E-state index contributed by atoms with van der Waals surface area (Å²) in [4.78, 5) is 17.3. The number of hydrogen-bond donors (Lipinski definition) is 1. The number of anilines is 1. The van der Waals surface area contributed by atoms with Crippen LogP contribution in [0.2, 0.25) is 0 Å². The molecule has 6 heteroatoms. The lowest BCUT2D eigenvalue weighted by molar-refractivity contribution is 0.0690. The van der Waals surface area contributed by atoms with E-state index in [1.807, 2.05) is 24.0 Å². The zero-order valence-electron chi connectivity index (χ0n) is 11.9. The molecule has 0 saturated carbocycles. The summed E-state index contributed by atoms with van der Waals surface area (Å²) in [6, 6.07) is 5.14. The van der Waals surface area contributed by atoms with Crippen LogP contribution in [-0.4, -0.2) is 38.9 Å². The van der Waals surface area contributed by atoms with E-state index in [1.165, 1.54) is 11.6 Å². The zero-order valence-corrected chi connectivity index (χ0v) is 11.9. The third kappa shape index (κ3) is 2.89. The maximum Gasteiger partial charge on any atom is 0.354 e. The zero-order chi connectivity index (χ0) is 14.8. The number of carbonyl (C=O) groups is 1. The molecule has 1 saturated heterocycles. The van der Waals surface area contributed by atoms with Crippen LogP contribution < -0.4 is 4.90 Å². The first-order chi connectivity index (χ1) is 10.1. The molecular formula is C15H18N4O2. The van der Waals surface area contributed by atoms with Gasteiger partial charge in [-0.2, -0.15) is 5.10 Å². The summed E-state index contributed by atoms with van der Waals surface area (Å²) in [7, 11) is 1.93. The van der Waals surface area contributed by atoms with Gasteiger partial charge in [-0.15, -0.1) is 0 Å². The molecular weight excluding hydrogens is 268 g/mol. The van der Waals surface area contributed by atoms with Crippen LogP contribution in [0.1, 0.15) is 34.8 Å². The third-order valence-electron chi connectivity index (χ3n) is 3.97. The normalized spacial score (nSPS) is 16.1. The van der Waals surface area contributed by atoms with Crippen molar-refractivity contribution in [3.63, 3.8) is 0 Å². The highest BCUT2D eigenvalue weighted by Gasteiger charge is 2.22. The van der Waals surface area contributed by atoms with Gasteiger partial charge in [0.2, 0.25) is 0 Å². The van der Waals surface area contributed by atoms with Crippen molar-refractivity contribution < 1.29 is 9.90 Å². The molecule has 1 aliphatic heterocycles. The molecule has 6 nitrogen and oxygen atoms in total. The number of nitrogens with zero attached hydrogens (tertiary/aromatic N) is 4. The Labute approximate surface area is 123 Å². The summed E-state index contributed by atoms with van der Waals surface area (Å²) in [6.07, 6.45) is 6.07. The smallest absolute Gasteiger partial charge is 0.354 e. The molecule has 0 aromatic carbocycles. The maximum absolute atomic E-state index is 11.0. The molecule has 1 aliphatic rings. The highest BCUT2D eigenvalue weighted by Crippen LogP contribution is 2.29. The van der Waals surface area contributed by atoms with E-state index in [2.05, 4.69) is 21.2 Å². The van der Waals surface area contributed by atoms with E-state index in [0.717, 1.165) is 31.7 Å². The van der Waals surface area contributed by atoms with Crippen molar-refractivity contribution in [1.29, 1.82) is 0 Å². The van der Waals surface area contributed by atoms with E-state index in [1.54, 1.807) is 6.07 Å². The Balaban J connectivity index is 1.68. The largest absolute Gasteiger partial charge is 0.477 e. The van der Waals surface area contributed by atoms with Gasteiger partial charge >= 0.3 is 5.97 Å². The van der Waals surface area contributed by atoms with Gasteiger partial charge < -0.3 is 10.0 Å². The van der Waals surface area contributed by atoms with E-state index in [0.29, 0.717) is 5.92 Å². The highest BCUT2D eigenvalue weighted by molar-refractivity contribution is 5.85. The van der Waals surface area contributed by atoms with Gasteiger partial charge in [0.05, 0.1) is 6.20 Å². The van der Waals surface area contributed by atoms with Crippen molar-refractivity contribution >= 4 is 11.8 Å². The molecule has 110 valence electrons. The molecule has 0 bridgehead atoms. The van der Waals surface area contributed by atoms with Crippen molar-refractivity contribution in [2.24, 2.45) is 7.05 Å². The van der Waals surface area contributed by atoms with Crippen molar-refractivity contribution in [2.45, 2.75) is 18.8 Å². The van der Waals surface area contributed by atoms with Gasteiger partial charge in [-0.25, -0.2) is 9.78 Å². The molecule has 0 radical (unpaired) electrons. The van der Waals surface area contributed by atoms with Crippen molar-refractivity contribution in [3.05, 3.63) is 41.9 Å². The monoisotopic (exact) mass is 286 g/mol. The topological polar surface area (TPSA) is 71.2 Å².